The Hall–Kier alpha value is -2.68. The van der Waals surface area contributed by atoms with Crippen LogP contribution in [-0.2, 0) is 9.53 Å². The third kappa shape index (κ3) is 3.24. The van der Waals surface area contributed by atoms with E-state index in [1.165, 1.54) is 6.92 Å². The highest BCUT2D eigenvalue weighted by Gasteiger charge is 2.43. The Kier molecular flexibility index (Phi) is 4.80. The normalized spacial score (nSPS) is 16.0. The summed E-state index contributed by atoms with van der Waals surface area (Å²) in [5.41, 5.74) is 0.569. The average Bonchev–Trinajstić information content (AvgIpc) is 2.77. The molecule has 6 heteroatoms. The molecule has 0 spiro atoms. The van der Waals surface area contributed by atoms with E-state index in [4.69, 9.17) is 10.00 Å². The van der Waals surface area contributed by atoms with E-state index in [0.717, 1.165) is 4.90 Å². The summed E-state index contributed by atoms with van der Waals surface area (Å²) < 4.78 is 5.02. The third-order valence-corrected chi connectivity index (χ3v) is 3.58. The second kappa shape index (κ2) is 6.61. The van der Waals surface area contributed by atoms with Crippen molar-refractivity contribution in [1.82, 2.24) is 4.90 Å². The van der Waals surface area contributed by atoms with Crippen LogP contribution in [0.5, 0.6) is 0 Å². The van der Waals surface area contributed by atoms with Crippen LogP contribution in [0.3, 0.4) is 0 Å². The minimum atomic E-state index is -1.03. The molecule has 0 saturated carbocycles. The summed E-state index contributed by atoms with van der Waals surface area (Å²) in [4.78, 5) is 38.4. The Morgan fingerprint density at radius 2 is 1.70 bits per heavy atom. The topological polar surface area (TPSA) is 87.5 Å². The second-order valence-corrected chi connectivity index (χ2v) is 5.88. The van der Waals surface area contributed by atoms with Gasteiger partial charge >= 0.3 is 5.97 Å². The predicted molar refractivity (Wildman–Crippen MR) is 81.4 cm³/mol. The lowest BCUT2D eigenvalue weighted by molar-refractivity contribution is -0.151. The van der Waals surface area contributed by atoms with Crippen LogP contribution < -0.4 is 0 Å². The summed E-state index contributed by atoms with van der Waals surface area (Å²) in [5, 5.41) is 8.78. The van der Waals surface area contributed by atoms with E-state index < -0.39 is 29.9 Å². The zero-order valence-corrected chi connectivity index (χ0v) is 13.3. The van der Waals surface area contributed by atoms with Crippen LogP contribution in [0.1, 0.15) is 47.9 Å². The lowest BCUT2D eigenvalue weighted by Crippen LogP contribution is -2.47. The largest absolute Gasteiger partial charge is 0.446 e. The molecular weight excluding hydrogens is 296 g/mol. The van der Waals surface area contributed by atoms with Crippen LogP contribution in [0.4, 0.5) is 0 Å². The zero-order valence-electron chi connectivity index (χ0n) is 13.3. The number of hydrogen-bond acceptors (Lipinski definition) is 5. The summed E-state index contributed by atoms with van der Waals surface area (Å²) in [6, 6.07) is 7.23. The van der Waals surface area contributed by atoms with E-state index >= 15 is 0 Å². The van der Waals surface area contributed by atoms with Crippen LogP contribution in [0.25, 0.3) is 0 Å². The molecule has 1 aliphatic rings. The number of nitriles is 1. The van der Waals surface area contributed by atoms with E-state index in [0.29, 0.717) is 0 Å². The molecule has 2 atom stereocenters. The van der Waals surface area contributed by atoms with Gasteiger partial charge in [0, 0.05) is 0 Å². The lowest BCUT2D eigenvalue weighted by Gasteiger charge is -2.26. The molecule has 0 N–H and O–H groups in total. The van der Waals surface area contributed by atoms with E-state index in [1.807, 2.05) is 13.8 Å². The first-order valence-electron chi connectivity index (χ1n) is 7.43. The van der Waals surface area contributed by atoms with Crippen molar-refractivity contribution in [3.8, 4) is 6.07 Å². The monoisotopic (exact) mass is 314 g/mol. The van der Waals surface area contributed by atoms with Gasteiger partial charge in [-0.3, -0.25) is 14.5 Å². The van der Waals surface area contributed by atoms with Crippen LogP contribution >= 0.6 is 0 Å². The highest BCUT2D eigenvalue weighted by molar-refractivity contribution is 6.22. The lowest BCUT2D eigenvalue weighted by atomic mass is 10.0. The number of amides is 2. The number of fused-ring (bicyclic) bond motifs is 1. The van der Waals surface area contributed by atoms with Crippen molar-refractivity contribution in [2.75, 3.05) is 0 Å². The number of nitrogens with zero attached hydrogens (tertiary/aromatic N) is 2. The number of imide groups is 1. The van der Waals surface area contributed by atoms with Crippen molar-refractivity contribution in [2.24, 2.45) is 5.92 Å². The van der Waals surface area contributed by atoms with Crippen molar-refractivity contribution < 1.29 is 19.1 Å². The first-order chi connectivity index (χ1) is 10.9. The quantitative estimate of drug-likeness (QED) is 0.614. The fraction of sp³-hybridized carbons (Fsp3) is 0.412. The highest BCUT2D eigenvalue weighted by Crippen LogP contribution is 2.27. The van der Waals surface area contributed by atoms with Crippen molar-refractivity contribution >= 4 is 17.8 Å². The molecule has 2 rings (SSSR count). The molecule has 23 heavy (non-hydrogen) atoms. The maximum atomic E-state index is 12.5. The van der Waals surface area contributed by atoms with E-state index in [2.05, 4.69) is 0 Å². The molecule has 0 bridgehead atoms. The summed E-state index contributed by atoms with van der Waals surface area (Å²) in [7, 11) is 0. The van der Waals surface area contributed by atoms with Crippen LogP contribution in [0.2, 0.25) is 0 Å². The van der Waals surface area contributed by atoms with Gasteiger partial charge in [0.1, 0.15) is 12.1 Å². The van der Waals surface area contributed by atoms with E-state index in [1.54, 1.807) is 30.3 Å². The van der Waals surface area contributed by atoms with Crippen LogP contribution in [0, 0.1) is 17.2 Å². The van der Waals surface area contributed by atoms with Gasteiger partial charge in [0.15, 0.2) is 6.10 Å². The van der Waals surface area contributed by atoms with E-state index in [9.17, 15) is 14.4 Å². The highest BCUT2D eigenvalue weighted by atomic mass is 16.5. The maximum absolute atomic E-state index is 12.5. The van der Waals surface area contributed by atoms with E-state index in [-0.39, 0.29) is 23.5 Å². The van der Waals surface area contributed by atoms with Gasteiger partial charge in [-0.25, -0.2) is 4.79 Å². The van der Waals surface area contributed by atoms with Crippen LogP contribution in [0.15, 0.2) is 24.3 Å². The smallest absolute Gasteiger partial charge is 0.330 e. The molecule has 1 heterocycles. The molecule has 120 valence electrons. The fourth-order valence-corrected chi connectivity index (χ4v) is 2.52. The molecule has 0 radical (unpaired) electrons. The number of benzene rings is 1. The van der Waals surface area contributed by atoms with Crippen molar-refractivity contribution in [1.29, 1.82) is 5.26 Å². The molecule has 1 aromatic rings. The van der Waals surface area contributed by atoms with Gasteiger partial charge < -0.3 is 4.74 Å². The van der Waals surface area contributed by atoms with Crippen molar-refractivity contribution in [3.63, 3.8) is 0 Å². The molecule has 1 aromatic carbocycles. The van der Waals surface area contributed by atoms with Crippen LogP contribution in [-0.4, -0.2) is 34.8 Å². The zero-order chi connectivity index (χ0) is 17.1. The van der Waals surface area contributed by atoms with Gasteiger partial charge in [-0.2, -0.15) is 5.26 Å². The molecule has 1 aliphatic heterocycles. The summed E-state index contributed by atoms with van der Waals surface area (Å²) in [6.07, 6.45) is -0.657. The van der Waals surface area contributed by atoms with Gasteiger partial charge in [0.05, 0.1) is 11.1 Å². The van der Waals surface area contributed by atoms with Gasteiger partial charge in [-0.05, 0) is 31.4 Å². The fourth-order valence-electron chi connectivity index (χ4n) is 2.52. The Morgan fingerprint density at radius 3 is 2.13 bits per heavy atom. The first kappa shape index (κ1) is 16.7. The molecule has 0 aliphatic carbocycles. The maximum Gasteiger partial charge on any atom is 0.330 e. The SMILES string of the molecule is CC(C)C[C@@H](C(=O)O[C@H](C)C#N)N1C(=O)c2ccccc2C1=O. The van der Waals surface area contributed by atoms with Crippen molar-refractivity contribution in [3.05, 3.63) is 35.4 Å². The third-order valence-electron chi connectivity index (χ3n) is 3.58. The molecule has 0 fully saturated rings. The summed E-state index contributed by atoms with van der Waals surface area (Å²) in [5.74, 6) is -1.67. The molecule has 0 saturated heterocycles. The first-order valence-corrected chi connectivity index (χ1v) is 7.43. The van der Waals surface area contributed by atoms with Gasteiger partial charge in [0.2, 0.25) is 0 Å². The Balaban J connectivity index is 2.34. The Labute approximate surface area is 134 Å². The minimum Gasteiger partial charge on any atom is -0.446 e. The standard InChI is InChI=1S/C17H18N2O4/c1-10(2)8-14(17(22)23-11(3)9-18)19-15(20)12-6-4-5-7-13(12)16(19)21/h4-7,10-11,14H,8H2,1-3H3/t11-,14+/m1/s1. The number of carbonyl (C=O) groups is 3. The Bertz CT molecular complexity index is 655. The number of rotatable bonds is 5. The molecule has 0 aromatic heterocycles. The molecule has 6 nitrogen and oxygen atoms in total. The Morgan fingerprint density at radius 1 is 1.17 bits per heavy atom. The average molecular weight is 314 g/mol. The predicted octanol–water partition coefficient (Wildman–Crippen LogP) is 2.15. The van der Waals surface area contributed by atoms with Crippen molar-refractivity contribution in [2.45, 2.75) is 39.3 Å². The number of esters is 1. The van der Waals surface area contributed by atoms with Gasteiger partial charge in [0.25, 0.3) is 11.8 Å². The molecule has 2 amide bonds. The molecule has 0 unspecified atom stereocenters. The van der Waals surface area contributed by atoms with Gasteiger partial charge in [-0.15, -0.1) is 0 Å². The van der Waals surface area contributed by atoms with Gasteiger partial charge in [-0.1, -0.05) is 26.0 Å². The number of carbonyl (C=O) groups excluding carboxylic acids is 3. The second-order valence-electron chi connectivity index (χ2n) is 5.88. The number of ether oxygens (including phenoxy) is 1. The minimum absolute atomic E-state index is 0.0641. The number of hydrogen-bond donors (Lipinski definition) is 0. The summed E-state index contributed by atoms with van der Waals surface area (Å²) in [6.45, 7) is 5.20. The summed E-state index contributed by atoms with van der Waals surface area (Å²) >= 11 is 0. The molecular formula is C17H18N2O4.